The first-order valence-electron chi connectivity index (χ1n) is 26.5. The third-order valence-electron chi connectivity index (χ3n) is 14.2. The zero-order valence-electron chi connectivity index (χ0n) is 40.6. The van der Waals surface area contributed by atoms with Gasteiger partial charge in [0, 0.05) is 0 Å². The van der Waals surface area contributed by atoms with E-state index < -0.39 is 53.4 Å². The summed E-state index contributed by atoms with van der Waals surface area (Å²) in [6, 6.07) is 0. The summed E-state index contributed by atoms with van der Waals surface area (Å²) in [7, 11) is 0. The first kappa shape index (κ1) is 59.3. The molecule has 0 aliphatic carbocycles. The Labute approximate surface area is 376 Å². The average Bonchev–Trinajstić information content (AvgIpc) is 3.23. The van der Waals surface area contributed by atoms with Crippen molar-refractivity contribution in [3.63, 3.8) is 0 Å². The molecule has 8 heteroatoms. The van der Waals surface area contributed by atoms with Gasteiger partial charge in [-0.1, -0.05) is 246 Å². The number of halogens is 1. The van der Waals surface area contributed by atoms with E-state index in [-0.39, 0.29) is 6.42 Å². The molecule has 0 fully saturated rings. The van der Waals surface area contributed by atoms with E-state index in [2.05, 4.69) is 27.7 Å². The molecule has 4 unspecified atom stereocenters. The summed E-state index contributed by atoms with van der Waals surface area (Å²) < 4.78 is 12.9. The van der Waals surface area contributed by atoms with Crippen LogP contribution in [0.1, 0.15) is 285 Å². The smallest absolute Gasteiger partial charge is 0.337 e. The molecule has 0 bridgehead atoms. The van der Waals surface area contributed by atoms with Gasteiger partial charge in [-0.15, -0.1) is 0 Å². The largest absolute Gasteiger partial charge is 0.481 e. The molecule has 0 heterocycles. The summed E-state index contributed by atoms with van der Waals surface area (Å²) >= 11 is 0. The van der Waals surface area contributed by atoms with Gasteiger partial charge < -0.3 is 20.4 Å². The molecule has 0 radical (unpaired) electrons. The Bertz CT molecular complexity index is 994. The second kappa shape index (κ2) is 39.9. The average molecular weight is 869 g/mol. The molecule has 0 aliphatic rings. The van der Waals surface area contributed by atoms with Gasteiger partial charge in [0.2, 0.25) is 0 Å². The van der Waals surface area contributed by atoms with Gasteiger partial charge in [-0.05, 0) is 50.4 Å². The van der Waals surface area contributed by atoms with E-state index in [1.165, 1.54) is 64.2 Å². The highest BCUT2D eigenvalue weighted by molar-refractivity contribution is 5.94. The number of rotatable bonds is 48. The maximum absolute atomic E-state index is 14.6. The number of hydrogen-bond donors (Lipinski definition) is 4. The first-order chi connectivity index (χ1) is 29.6. The quantitative estimate of drug-likeness (QED) is 0.0448. The maximum atomic E-state index is 14.6. The third kappa shape index (κ3) is 24.2. The number of carbonyl (C=O) groups is 3. The number of aliphatic carboxylic acids is 3. The molecule has 362 valence electrons. The number of hydrogen-bond acceptors (Lipinski definition) is 4. The van der Waals surface area contributed by atoms with Crippen LogP contribution in [0.25, 0.3) is 0 Å². The molecule has 4 atom stereocenters. The van der Waals surface area contributed by atoms with E-state index in [0.717, 1.165) is 128 Å². The van der Waals surface area contributed by atoms with Crippen molar-refractivity contribution in [2.45, 2.75) is 290 Å². The van der Waals surface area contributed by atoms with Gasteiger partial charge in [0.05, 0.1) is 12.6 Å². The Hall–Kier alpha value is -1.70. The zero-order valence-corrected chi connectivity index (χ0v) is 40.6. The highest BCUT2D eigenvalue weighted by Gasteiger charge is 2.71. The van der Waals surface area contributed by atoms with E-state index in [9.17, 15) is 39.2 Å². The standard InChI is InChI=1S/C53H101FO7/c1-5-9-13-17-21-23-25-30-36-42-46(40-34-28-19-15-11-7-3)52(50(57)58,53(61,51(59)60)48(49(55)56)44-38-32-27-33-39-45-54)47(41-35-29-20-16-12-8-4)43-37-31-26-24-22-18-14-10-6-2/h46-48,61H,5-45H2,1-4H3,(H,55,56)(H,57,58)(H,59,60). The Morgan fingerprint density at radius 1 is 0.377 bits per heavy atom. The van der Waals surface area contributed by atoms with E-state index in [0.29, 0.717) is 57.8 Å². The van der Waals surface area contributed by atoms with Crippen LogP contribution in [0, 0.1) is 23.2 Å². The first-order valence-corrected chi connectivity index (χ1v) is 26.5. The van der Waals surface area contributed by atoms with Crippen LogP contribution in [-0.4, -0.2) is 50.6 Å². The van der Waals surface area contributed by atoms with Gasteiger partial charge >= 0.3 is 17.9 Å². The zero-order chi connectivity index (χ0) is 45.5. The van der Waals surface area contributed by atoms with Crippen LogP contribution in [0.15, 0.2) is 0 Å². The second-order valence-electron chi connectivity index (χ2n) is 19.1. The van der Waals surface area contributed by atoms with Crippen LogP contribution in [0.4, 0.5) is 4.39 Å². The number of carboxylic acids is 3. The monoisotopic (exact) mass is 869 g/mol. The van der Waals surface area contributed by atoms with Gasteiger partial charge in [0.15, 0.2) is 5.60 Å². The fourth-order valence-corrected chi connectivity index (χ4v) is 10.5. The molecule has 0 aromatic carbocycles. The summed E-state index contributed by atoms with van der Waals surface area (Å²) in [5.74, 6) is -7.63. The van der Waals surface area contributed by atoms with Gasteiger partial charge in [0.1, 0.15) is 5.41 Å². The lowest BCUT2D eigenvalue weighted by Crippen LogP contribution is -2.69. The van der Waals surface area contributed by atoms with Crippen LogP contribution < -0.4 is 0 Å². The molecule has 0 aliphatic heterocycles. The molecule has 61 heavy (non-hydrogen) atoms. The van der Waals surface area contributed by atoms with Gasteiger partial charge in [-0.3, -0.25) is 14.0 Å². The van der Waals surface area contributed by atoms with Crippen LogP contribution >= 0.6 is 0 Å². The molecule has 0 amide bonds. The lowest BCUT2D eigenvalue weighted by molar-refractivity contribution is -0.225. The van der Waals surface area contributed by atoms with Crippen LogP contribution in [0.3, 0.4) is 0 Å². The van der Waals surface area contributed by atoms with Crippen LogP contribution in [-0.2, 0) is 14.4 Å². The summed E-state index contributed by atoms with van der Waals surface area (Å²) in [4.78, 5) is 42.1. The molecular formula is C53H101FO7. The molecular weight excluding hydrogens is 768 g/mol. The summed E-state index contributed by atoms with van der Waals surface area (Å²) in [5.41, 5.74) is -5.19. The molecule has 0 aromatic rings. The van der Waals surface area contributed by atoms with Gasteiger partial charge in [-0.25, -0.2) is 4.79 Å². The molecule has 0 saturated carbocycles. The summed E-state index contributed by atoms with van der Waals surface area (Å²) in [5, 5.41) is 47.5. The highest BCUT2D eigenvalue weighted by atomic mass is 19.1. The van der Waals surface area contributed by atoms with E-state index in [1.54, 1.807) is 0 Å². The normalized spacial score (nSPS) is 15.2. The predicted molar refractivity (Wildman–Crippen MR) is 254 cm³/mol. The van der Waals surface area contributed by atoms with Crippen molar-refractivity contribution in [3.8, 4) is 0 Å². The van der Waals surface area contributed by atoms with Crippen molar-refractivity contribution in [3.05, 3.63) is 0 Å². The highest BCUT2D eigenvalue weighted by Crippen LogP contribution is 2.56. The molecule has 4 N–H and O–H groups in total. The Morgan fingerprint density at radius 2 is 0.623 bits per heavy atom. The van der Waals surface area contributed by atoms with Crippen molar-refractivity contribution in [1.82, 2.24) is 0 Å². The number of carboxylic acid groups (broad SMARTS) is 3. The number of unbranched alkanes of at least 4 members (excludes halogenated alkanes) is 30. The van der Waals surface area contributed by atoms with E-state index in [1.807, 2.05) is 0 Å². The van der Waals surface area contributed by atoms with E-state index >= 15 is 0 Å². The lowest BCUT2D eigenvalue weighted by atomic mass is 9.50. The van der Waals surface area contributed by atoms with Gasteiger partial charge in [-0.2, -0.15) is 0 Å². The van der Waals surface area contributed by atoms with Crippen molar-refractivity contribution >= 4 is 17.9 Å². The molecule has 7 nitrogen and oxygen atoms in total. The summed E-state index contributed by atoms with van der Waals surface area (Å²) in [6.45, 7) is 8.37. The molecule has 0 saturated heterocycles. The topological polar surface area (TPSA) is 132 Å². The fraction of sp³-hybridized carbons (Fsp3) is 0.943. The van der Waals surface area contributed by atoms with Crippen molar-refractivity contribution < 1.29 is 39.2 Å². The maximum Gasteiger partial charge on any atom is 0.337 e. The Morgan fingerprint density at radius 3 is 0.852 bits per heavy atom. The Kier molecular flexibility index (Phi) is 38.7. The summed E-state index contributed by atoms with van der Waals surface area (Å²) in [6.07, 6.45) is 36.0. The molecule has 0 aromatic heterocycles. The minimum Gasteiger partial charge on any atom is -0.481 e. The minimum absolute atomic E-state index is 0.133. The molecule has 0 spiro atoms. The van der Waals surface area contributed by atoms with Gasteiger partial charge in [0.25, 0.3) is 0 Å². The number of aliphatic hydroxyl groups is 1. The third-order valence-corrected chi connectivity index (χ3v) is 14.2. The minimum atomic E-state index is -3.01. The lowest BCUT2D eigenvalue weighted by Gasteiger charge is -2.53. The Balaban J connectivity index is 7.29. The van der Waals surface area contributed by atoms with Crippen LogP contribution in [0.5, 0.6) is 0 Å². The number of alkyl halides is 1. The second-order valence-corrected chi connectivity index (χ2v) is 19.1. The van der Waals surface area contributed by atoms with Crippen molar-refractivity contribution in [2.24, 2.45) is 23.2 Å². The van der Waals surface area contributed by atoms with E-state index in [4.69, 9.17) is 0 Å². The van der Waals surface area contributed by atoms with Crippen LogP contribution in [0.2, 0.25) is 0 Å². The van der Waals surface area contributed by atoms with Crippen molar-refractivity contribution in [1.29, 1.82) is 0 Å². The predicted octanol–water partition coefficient (Wildman–Crippen LogP) is 16.5. The molecule has 0 rings (SSSR count). The SMILES string of the molecule is CCCCCCCCCCCC(CCCCCCCC)C(C(=O)O)(C(CCCCCCCC)CCCCCCCCCCC)C(O)(C(=O)O)C(CCCCCCCF)C(=O)O. The fourth-order valence-electron chi connectivity index (χ4n) is 10.5. The van der Waals surface area contributed by atoms with Crippen molar-refractivity contribution in [2.75, 3.05) is 6.67 Å².